The number of nitrogens with zero attached hydrogens (tertiary/aromatic N) is 1. The summed E-state index contributed by atoms with van der Waals surface area (Å²) in [7, 11) is 0. The first-order chi connectivity index (χ1) is 6.79. The molecule has 2 aromatic rings. The fourth-order valence-electron chi connectivity index (χ4n) is 1.39. The molecule has 0 aliphatic rings. The van der Waals surface area contributed by atoms with Crippen LogP contribution in [0, 0.1) is 5.82 Å². The zero-order valence-electron chi connectivity index (χ0n) is 7.57. The smallest absolute Gasteiger partial charge is 0.125 e. The lowest BCUT2D eigenvalue weighted by molar-refractivity contribution is 0.298. The van der Waals surface area contributed by atoms with Gasteiger partial charge in [0.15, 0.2) is 0 Å². The van der Waals surface area contributed by atoms with Gasteiger partial charge >= 0.3 is 0 Å². The number of benzene rings is 1. The molecule has 14 heavy (non-hydrogen) atoms. The van der Waals surface area contributed by atoms with E-state index in [1.54, 1.807) is 6.07 Å². The third-order valence-electron chi connectivity index (χ3n) is 2.08. The third kappa shape index (κ3) is 1.72. The maximum absolute atomic E-state index is 12.9. The molecule has 0 radical (unpaired) electrons. The van der Waals surface area contributed by atoms with E-state index in [0.717, 1.165) is 11.1 Å². The number of aromatic nitrogens is 1. The minimum atomic E-state index is -0.286. The lowest BCUT2D eigenvalue weighted by atomic mass is 10.2. The molecule has 1 aromatic carbocycles. The van der Waals surface area contributed by atoms with Crippen LogP contribution in [0.15, 0.2) is 30.3 Å². The number of rotatable bonds is 2. The van der Waals surface area contributed by atoms with Crippen LogP contribution < -0.4 is 0 Å². The van der Waals surface area contributed by atoms with Gasteiger partial charge in [0, 0.05) is 30.2 Å². The van der Waals surface area contributed by atoms with Gasteiger partial charge in [-0.05, 0) is 18.2 Å². The number of aliphatic hydroxyl groups is 1. The largest absolute Gasteiger partial charge is 0.396 e. The van der Waals surface area contributed by atoms with Crippen LogP contribution in [0.5, 0.6) is 0 Å². The summed E-state index contributed by atoms with van der Waals surface area (Å²) in [6.07, 6.45) is 0.506. The van der Waals surface area contributed by atoms with Crippen LogP contribution in [0.25, 0.3) is 10.9 Å². The first-order valence-electron chi connectivity index (χ1n) is 4.45. The molecule has 0 saturated carbocycles. The van der Waals surface area contributed by atoms with Crippen molar-refractivity contribution in [2.75, 3.05) is 6.61 Å². The normalized spacial score (nSPS) is 10.7. The highest BCUT2D eigenvalue weighted by atomic mass is 19.1. The molecule has 1 heterocycles. The van der Waals surface area contributed by atoms with E-state index in [0.29, 0.717) is 11.9 Å². The van der Waals surface area contributed by atoms with Crippen molar-refractivity contribution < 1.29 is 9.50 Å². The first kappa shape index (κ1) is 9.09. The van der Waals surface area contributed by atoms with Gasteiger partial charge in [0.05, 0.1) is 5.52 Å². The molecule has 0 unspecified atom stereocenters. The maximum atomic E-state index is 12.9. The molecular weight excluding hydrogens is 181 g/mol. The van der Waals surface area contributed by atoms with Gasteiger partial charge in [-0.15, -0.1) is 0 Å². The van der Waals surface area contributed by atoms with Gasteiger partial charge in [-0.2, -0.15) is 0 Å². The van der Waals surface area contributed by atoms with Gasteiger partial charge in [-0.3, -0.25) is 4.98 Å². The Balaban J connectivity index is 2.52. The average molecular weight is 191 g/mol. The van der Waals surface area contributed by atoms with Crippen LogP contribution in [-0.4, -0.2) is 16.7 Å². The second-order valence-corrected chi connectivity index (χ2v) is 3.11. The van der Waals surface area contributed by atoms with Crippen molar-refractivity contribution in [1.82, 2.24) is 4.98 Å². The Morgan fingerprint density at radius 2 is 2.00 bits per heavy atom. The molecule has 2 nitrogen and oxygen atoms in total. The van der Waals surface area contributed by atoms with Crippen LogP contribution in [-0.2, 0) is 6.42 Å². The fraction of sp³-hybridized carbons (Fsp3) is 0.182. The molecule has 2 rings (SSSR count). The Morgan fingerprint density at radius 1 is 1.21 bits per heavy atom. The summed E-state index contributed by atoms with van der Waals surface area (Å²) in [4.78, 5) is 4.23. The SMILES string of the molecule is OCCc1ccc2ccc(F)cc2n1. The number of fused-ring (bicyclic) bond motifs is 1. The predicted octanol–water partition coefficient (Wildman–Crippen LogP) is 1.91. The van der Waals surface area contributed by atoms with Crippen molar-refractivity contribution in [2.24, 2.45) is 0 Å². The van der Waals surface area contributed by atoms with E-state index in [9.17, 15) is 4.39 Å². The van der Waals surface area contributed by atoms with Crippen LogP contribution >= 0.6 is 0 Å². The highest BCUT2D eigenvalue weighted by molar-refractivity contribution is 5.78. The van der Waals surface area contributed by atoms with Crippen LogP contribution in [0.1, 0.15) is 5.69 Å². The summed E-state index contributed by atoms with van der Waals surface area (Å²) in [5, 5.41) is 9.64. The molecule has 0 aliphatic heterocycles. The zero-order valence-corrected chi connectivity index (χ0v) is 7.57. The van der Waals surface area contributed by atoms with Crippen LogP contribution in [0.3, 0.4) is 0 Å². The summed E-state index contributed by atoms with van der Waals surface area (Å²) < 4.78 is 12.9. The van der Waals surface area contributed by atoms with Crippen LogP contribution in [0.4, 0.5) is 4.39 Å². The molecule has 0 saturated heterocycles. The molecule has 0 amide bonds. The molecule has 0 aliphatic carbocycles. The van der Waals surface area contributed by atoms with E-state index in [2.05, 4.69) is 4.98 Å². The molecule has 1 N–H and O–H groups in total. The first-order valence-corrected chi connectivity index (χ1v) is 4.45. The van der Waals surface area contributed by atoms with E-state index < -0.39 is 0 Å². The molecule has 72 valence electrons. The standard InChI is InChI=1S/C11H10FNO/c12-9-3-1-8-2-4-10(5-6-14)13-11(8)7-9/h1-4,7,14H,5-6H2. The second kappa shape index (κ2) is 3.72. The van der Waals surface area contributed by atoms with Crippen molar-refractivity contribution in [3.05, 3.63) is 41.8 Å². The van der Waals surface area contributed by atoms with E-state index >= 15 is 0 Å². The predicted molar refractivity (Wildman–Crippen MR) is 52.5 cm³/mol. The summed E-state index contributed by atoms with van der Waals surface area (Å²) in [6, 6.07) is 8.23. The van der Waals surface area contributed by atoms with Crippen molar-refractivity contribution in [3.8, 4) is 0 Å². The van der Waals surface area contributed by atoms with E-state index in [1.807, 2.05) is 12.1 Å². The summed E-state index contributed by atoms with van der Waals surface area (Å²) in [5.74, 6) is -0.286. The number of pyridine rings is 1. The molecule has 3 heteroatoms. The summed E-state index contributed by atoms with van der Waals surface area (Å²) in [6.45, 7) is 0.0633. The van der Waals surface area contributed by atoms with Gasteiger partial charge in [0.25, 0.3) is 0 Å². The summed E-state index contributed by atoms with van der Waals surface area (Å²) in [5.41, 5.74) is 1.42. The average Bonchev–Trinajstić information content (AvgIpc) is 2.17. The summed E-state index contributed by atoms with van der Waals surface area (Å²) >= 11 is 0. The molecule has 0 fully saturated rings. The van der Waals surface area contributed by atoms with E-state index in [1.165, 1.54) is 12.1 Å². The third-order valence-corrected chi connectivity index (χ3v) is 2.08. The lowest BCUT2D eigenvalue weighted by Crippen LogP contribution is -1.94. The minimum absolute atomic E-state index is 0.0633. The quantitative estimate of drug-likeness (QED) is 0.786. The van der Waals surface area contributed by atoms with Crippen molar-refractivity contribution in [1.29, 1.82) is 0 Å². The topological polar surface area (TPSA) is 33.1 Å². The van der Waals surface area contributed by atoms with Crippen LogP contribution in [0.2, 0.25) is 0 Å². The Labute approximate surface area is 81.0 Å². The van der Waals surface area contributed by atoms with Gasteiger partial charge in [0.1, 0.15) is 5.82 Å². The number of aliphatic hydroxyl groups excluding tert-OH is 1. The van der Waals surface area contributed by atoms with Crippen molar-refractivity contribution >= 4 is 10.9 Å². The van der Waals surface area contributed by atoms with Crippen molar-refractivity contribution in [2.45, 2.75) is 6.42 Å². The number of hydrogen-bond donors (Lipinski definition) is 1. The van der Waals surface area contributed by atoms with Gasteiger partial charge in [-0.25, -0.2) is 4.39 Å². The van der Waals surface area contributed by atoms with Gasteiger partial charge < -0.3 is 5.11 Å². The molecule has 0 bridgehead atoms. The lowest BCUT2D eigenvalue weighted by Gasteiger charge is -2.00. The Kier molecular flexibility index (Phi) is 2.41. The zero-order chi connectivity index (χ0) is 9.97. The Morgan fingerprint density at radius 3 is 2.79 bits per heavy atom. The Bertz CT molecular complexity index is 456. The van der Waals surface area contributed by atoms with E-state index in [4.69, 9.17) is 5.11 Å². The monoisotopic (exact) mass is 191 g/mol. The maximum Gasteiger partial charge on any atom is 0.125 e. The number of halogens is 1. The highest BCUT2D eigenvalue weighted by Gasteiger charge is 1.99. The minimum Gasteiger partial charge on any atom is -0.396 e. The van der Waals surface area contributed by atoms with Gasteiger partial charge in [-0.1, -0.05) is 6.07 Å². The Hall–Kier alpha value is -1.48. The molecule has 0 spiro atoms. The molecule has 1 aromatic heterocycles. The van der Waals surface area contributed by atoms with Gasteiger partial charge in [0.2, 0.25) is 0 Å². The molecule has 0 atom stereocenters. The van der Waals surface area contributed by atoms with Crippen molar-refractivity contribution in [3.63, 3.8) is 0 Å². The number of hydrogen-bond acceptors (Lipinski definition) is 2. The second-order valence-electron chi connectivity index (χ2n) is 3.11. The highest BCUT2D eigenvalue weighted by Crippen LogP contribution is 2.14. The fourth-order valence-corrected chi connectivity index (χ4v) is 1.39. The molecular formula is C11H10FNO. The van der Waals surface area contributed by atoms with E-state index in [-0.39, 0.29) is 12.4 Å².